The molecule has 0 atom stereocenters. The lowest BCUT2D eigenvalue weighted by Crippen LogP contribution is -2.21. The van der Waals surface area contributed by atoms with Crippen molar-refractivity contribution in [3.05, 3.63) is 28.8 Å². The van der Waals surface area contributed by atoms with Crippen molar-refractivity contribution in [3.8, 4) is 5.75 Å². The van der Waals surface area contributed by atoms with Crippen LogP contribution >= 0.6 is 0 Å². The molecule has 0 saturated heterocycles. The normalized spacial score (nSPS) is 17.8. The van der Waals surface area contributed by atoms with Crippen LogP contribution < -0.4 is 0 Å². The lowest BCUT2D eigenvalue weighted by atomic mass is 9.80. The molecule has 0 aliphatic heterocycles. The molecule has 1 aliphatic carbocycles. The molecule has 1 saturated carbocycles. The number of rotatable bonds is 2. The van der Waals surface area contributed by atoms with Gasteiger partial charge in [0.05, 0.1) is 5.54 Å². The number of aryl methyl sites for hydroxylation is 1. The first kappa shape index (κ1) is 14.8. The van der Waals surface area contributed by atoms with Gasteiger partial charge in [0.25, 0.3) is 0 Å². The van der Waals surface area contributed by atoms with Crippen LogP contribution in [0, 0.1) is 6.92 Å². The summed E-state index contributed by atoms with van der Waals surface area (Å²) in [5.41, 5.74) is 2.42. The van der Waals surface area contributed by atoms with Gasteiger partial charge >= 0.3 is 0 Å². The van der Waals surface area contributed by atoms with Gasteiger partial charge in [0, 0.05) is 0 Å². The summed E-state index contributed by atoms with van der Waals surface area (Å²) in [7, 11) is 0. The molecule has 2 rings (SSSR count). The summed E-state index contributed by atoms with van der Waals surface area (Å²) in [6.07, 6.45) is 5.57. The van der Waals surface area contributed by atoms with Gasteiger partial charge in [-0.1, -0.05) is 39.7 Å². The zero-order chi connectivity index (χ0) is 15.0. The number of isocyanates is 1. The van der Waals surface area contributed by atoms with Crippen LogP contribution in [0.3, 0.4) is 0 Å². The van der Waals surface area contributed by atoms with Gasteiger partial charge in [-0.25, -0.2) is 4.79 Å². The number of hydrogen-bond acceptors (Lipinski definition) is 3. The molecule has 0 aromatic heterocycles. The van der Waals surface area contributed by atoms with Crippen LogP contribution in [0.25, 0.3) is 0 Å². The van der Waals surface area contributed by atoms with E-state index in [4.69, 9.17) is 0 Å². The third-order valence-corrected chi connectivity index (χ3v) is 4.34. The quantitative estimate of drug-likeness (QED) is 0.651. The number of carbonyl (C=O) groups excluding carboxylic acids is 1. The number of aliphatic imine (C=N–C) groups is 1. The molecule has 20 heavy (non-hydrogen) atoms. The van der Waals surface area contributed by atoms with E-state index in [0.717, 1.165) is 42.4 Å². The van der Waals surface area contributed by atoms with Gasteiger partial charge in [-0.3, -0.25) is 0 Å². The Morgan fingerprint density at radius 1 is 1.25 bits per heavy atom. The second-order valence-electron chi connectivity index (χ2n) is 6.88. The van der Waals surface area contributed by atoms with E-state index in [-0.39, 0.29) is 5.41 Å². The molecule has 0 heterocycles. The summed E-state index contributed by atoms with van der Waals surface area (Å²) in [6, 6.07) is 3.84. The van der Waals surface area contributed by atoms with Crippen LogP contribution in [0.15, 0.2) is 17.1 Å². The Bertz CT molecular complexity index is 557. The van der Waals surface area contributed by atoms with E-state index in [9.17, 15) is 9.90 Å². The first-order valence-corrected chi connectivity index (χ1v) is 7.24. The zero-order valence-electron chi connectivity index (χ0n) is 12.8. The van der Waals surface area contributed by atoms with Crippen molar-refractivity contribution in [2.75, 3.05) is 0 Å². The SMILES string of the molecule is Cc1cc(C(C)(C)C)c(O)cc1C1(N=C=O)CCCC1. The topological polar surface area (TPSA) is 49.7 Å². The maximum Gasteiger partial charge on any atom is 0.235 e. The summed E-state index contributed by atoms with van der Waals surface area (Å²) in [5.74, 6) is 0.297. The van der Waals surface area contributed by atoms with E-state index >= 15 is 0 Å². The fourth-order valence-electron chi connectivity index (χ4n) is 3.29. The monoisotopic (exact) mass is 273 g/mol. The van der Waals surface area contributed by atoms with Gasteiger partial charge in [-0.05, 0) is 47.9 Å². The van der Waals surface area contributed by atoms with Crippen molar-refractivity contribution < 1.29 is 9.90 Å². The molecular formula is C17H23NO2. The lowest BCUT2D eigenvalue weighted by Gasteiger charge is -2.28. The van der Waals surface area contributed by atoms with Crippen molar-refractivity contribution in [3.63, 3.8) is 0 Å². The van der Waals surface area contributed by atoms with Crippen LogP contribution in [0.5, 0.6) is 5.75 Å². The van der Waals surface area contributed by atoms with Crippen molar-refractivity contribution >= 4 is 6.08 Å². The van der Waals surface area contributed by atoms with Gasteiger partial charge in [0.15, 0.2) is 0 Å². The lowest BCUT2D eigenvalue weighted by molar-refractivity contribution is 0.428. The smallest absolute Gasteiger partial charge is 0.235 e. The number of benzene rings is 1. The van der Waals surface area contributed by atoms with E-state index in [0.29, 0.717) is 5.75 Å². The van der Waals surface area contributed by atoms with Gasteiger partial charge < -0.3 is 5.11 Å². The van der Waals surface area contributed by atoms with Gasteiger partial charge in [0.2, 0.25) is 6.08 Å². The Morgan fingerprint density at radius 3 is 2.35 bits per heavy atom. The summed E-state index contributed by atoms with van der Waals surface area (Å²) in [5, 5.41) is 10.4. The average Bonchev–Trinajstić information content (AvgIpc) is 2.80. The number of hydrogen-bond donors (Lipinski definition) is 1. The first-order valence-electron chi connectivity index (χ1n) is 7.24. The molecule has 0 spiro atoms. The van der Waals surface area contributed by atoms with Crippen LogP contribution in [0.4, 0.5) is 0 Å². The average molecular weight is 273 g/mol. The summed E-state index contributed by atoms with van der Waals surface area (Å²) in [4.78, 5) is 14.9. The van der Waals surface area contributed by atoms with Crippen molar-refractivity contribution in [1.82, 2.24) is 0 Å². The molecule has 1 aliphatic rings. The molecule has 1 aromatic carbocycles. The Labute approximate surface area is 120 Å². The largest absolute Gasteiger partial charge is 0.508 e. The number of phenols is 1. The van der Waals surface area contributed by atoms with E-state index < -0.39 is 5.54 Å². The minimum Gasteiger partial charge on any atom is -0.508 e. The Balaban J connectivity index is 2.59. The second kappa shape index (κ2) is 5.06. The van der Waals surface area contributed by atoms with Crippen molar-refractivity contribution in [2.45, 2.75) is 64.3 Å². The van der Waals surface area contributed by atoms with Crippen molar-refractivity contribution in [2.24, 2.45) is 4.99 Å². The highest BCUT2D eigenvalue weighted by atomic mass is 16.3. The maximum atomic E-state index is 10.8. The van der Waals surface area contributed by atoms with E-state index in [2.05, 4.69) is 25.8 Å². The van der Waals surface area contributed by atoms with Gasteiger partial charge in [-0.2, -0.15) is 4.99 Å². The van der Waals surface area contributed by atoms with Crippen molar-refractivity contribution in [1.29, 1.82) is 0 Å². The van der Waals surface area contributed by atoms with Crippen LogP contribution in [0.2, 0.25) is 0 Å². The number of phenolic OH excluding ortho intramolecular Hbond substituents is 1. The molecule has 1 aromatic rings. The first-order chi connectivity index (χ1) is 9.30. The second-order valence-corrected chi connectivity index (χ2v) is 6.88. The fraction of sp³-hybridized carbons (Fsp3) is 0.588. The molecule has 0 amide bonds. The fourth-order valence-corrected chi connectivity index (χ4v) is 3.29. The highest BCUT2D eigenvalue weighted by molar-refractivity contribution is 5.49. The Hall–Kier alpha value is -1.60. The highest BCUT2D eigenvalue weighted by Gasteiger charge is 2.37. The third kappa shape index (κ3) is 2.51. The van der Waals surface area contributed by atoms with Crippen LogP contribution in [0.1, 0.15) is 63.1 Å². The molecule has 3 nitrogen and oxygen atoms in total. The molecule has 0 unspecified atom stereocenters. The predicted octanol–water partition coefficient (Wildman–Crippen LogP) is 4.10. The van der Waals surface area contributed by atoms with Gasteiger partial charge in [-0.15, -0.1) is 0 Å². The molecule has 3 heteroatoms. The minimum absolute atomic E-state index is 0.107. The Morgan fingerprint density at radius 2 is 1.85 bits per heavy atom. The highest BCUT2D eigenvalue weighted by Crippen LogP contribution is 2.45. The van der Waals surface area contributed by atoms with Crippen LogP contribution in [-0.4, -0.2) is 11.2 Å². The molecular weight excluding hydrogens is 250 g/mol. The zero-order valence-corrected chi connectivity index (χ0v) is 12.8. The molecule has 1 N–H and O–H groups in total. The van der Waals surface area contributed by atoms with E-state index in [1.54, 1.807) is 6.08 Å². The van der Waals surface area contributed by atoms with Gasteiger partial charge in [0.1, 0.15) is 5.75 Å². The molecule has 1 fully saturated rings. The van der Waals surface area contributed by atoms with E-state index in [1.165, 1.54) is 0 Å². The summed E-state index contributed by atoms with van der Waals surface area (Å²) >= 11 is 0. The molecule has 0 bridgehead atoms. The summed E-state index contributed by atoms with van der Waals surface area (Å²) < 4.78 is 0. The third-order valence-electron chi connectivity index (χ3n) is 4.34. The molecule has 0 radical (unpaired) electrons. The minimum atomic E-state index is -0.472. The predicted molar refractivity (Wildman–Crippen MR) is 79.8 cm³/mol. The Kier molecular flexibility index (Phi) is 3.75. The number of nitrogens with zero attached hydrogens (tertiary/aromatic N) is 1. The maximum absolute atomic E-state index is 10.8. The standard InChI is InChI=1S/C17H23NO2/c1-12-9-14(16(2,3)4)15(20)10-13(12)17(18-11-19)7-5-6-8-17/h9-10,20H,5-8H2,1-4H3. The van der Waals surface area contributed by atoms with Crippen LogP contribution in [-0.2, 0) is 15.7 Å². The summed E-state index contributed by atoms with van der Waals surface area (Å²) in [6.45, 7) is 8.27. The molecule has 108 valence electrons. The number of aromatic hydroxyl groups is 1. The van der Waals surface area contributed by atoms with E-state index in [1.807, 2.05) is 19.1 Å².